The van der Waals surface area contributed by atoms with Crippen molar-refractivity contribution in [1.29, 1.82) is 0 Å². The predicted octanol–water partition coefficient (Wildman–Crippen LogP) is 4.03. The highest BCUT2D eigenvalue weighted by molar-refractivity contribution is 6.36. The van der Waals surface area contributed by atoms with Gasteiger partial charge in [-0.15, -0.1) is 0 Å². The van der Waals surface area contributed by atoms with Crippen molar-refractivity contribution in [3.05, 3.63) is 72.2 Å². The number of hydrogen-bond acceptors (Lipinski definition) is 6. The molecule has 0 radical (unpaired) electrons. The van der Waals surface area contributed by atoms with E-state index in [2.05, 4.69) is 0 Å². The third-order valence-corrected chi connectivity index (χ3v) is 3.17. The van der Waals surface area contributed by atoms with E-state index in [-0.39, 0.29) is 21.3 Å². The number of esters is 1. The molecule has 0 bridgehead atoms. The highest BCUT2D eigenvalue weighted by Crippen LogP contribution is 2.38. The fourth-order valence-electron chi connectivity index (χ4n) is 1.68. The highest BCUT2D eigenvalue weighted by Gasteiger charge is 2.24. The molecule has 0 aromatic heterocycles. The van der Waals surface area contributed by atoms with Crippen LogP contribution in [0.1, 0.15) is 10.4 Å². The van der Waals surface area contributed by atoms with Gasteiger partial charge in [-0.1, -0.05) is 29.3 Å². The molecule has 118 valence electrons. The number of nitro groups is 2. The maximum atomic E-state index is 12.0. The average Bonchev–Trinajstić information content (AvgIpc) is 2.49. The number of benzene rings is 2. The molecule has 0 unspecified atom stereocenters. The Hall–Kier alpha value is -2.71. The molecule has 0 saturated heterocycles. The largest absolute Gasteiger partial charge is 0.414 e. The zero-order valence-corrected chi connectivity index (χ0v) is 12.6. The number of ether oxygens (including phenoxy) is 1. The van der Waals surface area contributed by atoms with Crippen molar-refractivity contribution in [3.63, 3.8) is 0 Å². The Morgan fingerprint density at radius 1 is 1.04 bits per heavy atom. The molecule has 0 fully saturated rings. The van der Waals surface area contributed by atoms with Crippen LogP contribution in [0, 0.1) is 20.2 Å². The van der Waals surface area contributed by atoms with Gasteiger partial charge in [0.1, 0.15) is 0 Å². The number of halogens is 2. The lowest BCUT2D eigenvalue weighted by Gasteiger charge is -2.07. The molecule has 0 aliphatic rings. The van der Waals surface area contributed by atoms with Crippen LogP contribution in [0.2, 0.25) is 10.0 Å². The van der Waals surface area contributed by atoms with Crippen molar-refractivity contribution < 1.29 is 19.4 Å². The molecule has 0 saturated carbocycles. The number of rotatable bonds is 4. The van der Waals surface area contributed by atoms with E-state index < -0.39 is 27.3 Å². The standard InChI is InChI=1S/C13H6Cl2N2O6/c14-8-5-10(15)12(11(6-8)17(21)22)23-13(18)7-2-1-3-9(4-7)16(19)20/h1-6H. The van der Waals surface area contributed by atoms with E-state index in [4.69, 9.17) is 27.9 Å². The highest BCUT2D eigenvalue weighted by atomic mass is 35.5. The Labute approximate surface area is 138 Å². The van der Waals surface area contributed by atoms with E-state index in [9.17, 15) is 25.0 Å². The molecular weight excluding hydrogens is 351 g/mol. The van der Waals surface area contributed by atoms with Crippen molar-refractivity contribution in [2.45, 2.75) is 0 Å². The van der Waals surface area contributed by atoms with Gasteiger partial charge in [0, 0.05) is 23.2 Å². The summed E-state index contributed by atoms with van der Waals surface area (Å²) >= 11 is 11.5. The van der Waals surface area contributed by atoms with Gasteiger partial charge in [0.15, 0.2) is 0 Å². The first-order chi connectivity index (χ1) is 10.8. The van der Waals surface area contributed by atoms with E-state index in [1.54, 1.807) is 0 Å². The Morgan fingerprint density at radius 2 is 1.74 bits per heavy atom. The van der Waals surface area contributed by atoms with Crippen LogP contribution in [0.4, 0.5) is 11.4 Å². The molecule has 2 aromatic rings. The zero-order valence-electron chi connectivity index (χ0n) is 11.1. The Morgan fingerprint density at radius 3 is 2.35 bits per heavy atom. The van der Waals surface area contributed by atoms with Gasteiger partial charge in [0.2, 0.25) is 5.75 Å². The van der Waals surface area contributed by atoms with Crippen LogP contribution in [-0.2, 0) is 0 Å². The third kappa shape index (κ3) is 3.74. The minimum absolute atomic E-state index is 0.00292. The minimum Gasteiger partial charge on any atom is -0.414 e. The Kier molecular flexibility index (Phi) is 4.77. The minimum atomic E-state index is -1.03. The van der Waals surface area contributed by atoms with E-state index in [0.29, 0.717) is 0 Å². The Bertz CT molecular complexity index is 824. The van der Waals surface area contributed by atoms with E-state index in [0.717, 1.165) is 12.1 Å². The van der Waals surface area contributed by atoms with Gasteiger partial charge < -0.3 is 4.74 Å². The van der Waals surface area contributed by atoms with Crippen molar-refractivity contribution in [2.75, 3.05) is 0 Å². The molecule has 2 aromatic carbocycles. The summed E-state index contributed by atoms with van der Waals surface area (Å²) in [5.74, 6) is -1.52. The second-order valence-corrected chi connectivity index (χ2v) is 5.03. The molecule has 0 amide bonds. The van der Waals surface area contributed by atoms with Crippen LogP contribution >= 0.6 is 23.2 Å². The van der Waals surface area contributed by atoms with Crippen LogP contribution in [0.5, 0.6) is 5.75 Å². The topological polar surface area (TPSA) is 113 Å². The maximum absolute atomic E-state index is 12.0. The summed E-state index contributed by atoms with van der Waals surface area (Å²) < 4.78 is 4.92. The van der Waals surface area contributed by atoms with E-state index in [1.165, 1.54) is 24.3 Å². The van der Waals surface area contributed by atoms with Crippen LogP contribution < -0.4 is 4.74 Å². The van der Waals surface area contributed by atoms with E-state index >= 15 is 0 Å². The number of nitro benzene ring substituents is 2. The first kappa shape index (κ1) is 16.7. The summed E-state index contributed by atoms with van der Waals surface area (Å²) in [4.78, 5) is 32.2. The van der Waals surface area contributed by atoms with Crippen molar-refractivity contribution in [1.82, 2.24) is 0 Å². The summed E-state index contributed by atoms with van der Waals surface area (Å²) in [5.41, 5.74) is -1.07. The van der Waals surface area contributed by atoms with Crippen molar-refractivity contribution >= 4 is 40.5 Å². The molecule has 0 aliphatic heterocycles. The van der Waals surface area contributed by atoms with Gasteiger partial charge in [0.25, 0.3) is 5.69 Å². The first-order valence-corrected chi connectivity index (χ1v) is 6.65. The van der Waals surface area contributed by atoms with E-state index in [1.807, 2.05) is 0 Å². The average molecular weight is 357 g/mol. The second-order valence-electron chi connectivity index (χ2n) is 4.19. The monoisotopic (exact) mass is 356 g/mol. The van der Waals surface area contributed by atoms with Crippen molar-refractivity contribution in [2.24, 2.45) is 0 Å². The van der Waals surface area contributed by atoms with Crippen molar-refractivity contribution in [3.8, 4) is 5.75 Å². The molecule has 23 heavy (non-hydrogen) atoms. The molecule has 10 heteroatoms. The van der Waals surface area contributed by atoms with Gasteiger partial charge in [-0.2, -0.15) is 0 Å². The quantitative estimate of drug-likeness (QED) is 0.353. The van der Waals surface area contributed by atoms with Crippen LogP contribution in [-0.4, -0.2) is 15.8 Å². The van der Waals surface area contributed by atoms with Crippen LogP contribution in [0.25, 0.3) is 0 Å². The van der Waals surface area contributed by atoms with Gasteiger partial charge in [-0.3, -0.25) is 20.2 Å². The van der Waals surface area contributed by atoms with Crippen LogP contribution in [0.3, 0.4) is 0 Å². The van der Waals surface area contributed by atoms with Gasteiger partial charge in [0.05, 0.1) is 20.4 Å². The number of carbonyl (C=O) groups excluding carboxylic acids is 1. The zero-order chi connectivity index (χ0) is 17.1. The number of carbonyl (C=O) groups is 1. The SMILES string of the molecule is O=C(Oc1c(Cl)cc(Cl)cc1[N+](=O)[O-])c1cccc([N+](=O)[O-])c1. The summed E-state index contributed by atoms with van der Waals surface area (Å²) in [6.45, 7) is 0. The normalized spacial score (nSPS) is 10.2. The number of non-ortho nitro benzene ring substituents is 1. The molecule has 0 spiro atoms. The molecule has 0 N–H and O–H groups in total. The molecule has 8 nitrogen and oxygen atoms in total. The van der Waals surface area contributed by atoms with Gasteiger partial charge in [-0.05, 0) is 12.1 Å². The lowest BCUT2D eigenvalue weighted by molar-refractivity contribution is -0.385. The lowest BCUT2D eigenvalue weighted by Crippen LogP contribution is -2.10. The molecule has 0 heterocycles. The Balaban J connectivity index is 2.39. The maximum Gasteiger partial charge on any atom is 0.344 e. The first-order valence-electron chi connectivity index (χ1n) is 5.89. The lowest BCUT2D eigenvalue weighted by atomic mass is 10.2. The summed E-state index contributed by atoms with van der Waals surface area (Å²) in [7, 11) is 0. The molecular formula is C13H6Cl2N2O6. The number of nitrogens with zero attached hydrogens (tertiary/aromatic N) is 2. The smallest absolute Gasteiger partial charge is 0.344 e. The third-order valence-electron chi connectivity index (χ3n) is 2.67. The van der Waals surface area contributed by atoms with Gasteiger partial charge in [-0.25, -0.2) is 4.79 Å². The predicted molar refractivity (Wildman–Crippen MR) is 81.2 cm³/mol. The van der Waals surface area contributed by atoms with Gasteiger partial charge >= 0.3 is 11.7 Å². The fourth-order valence-corrected chi connectivity index (χ4v) is 2.20. The second kappa shape index (κ2) is 6.59. The molecule has 2 rings (SSSR count). The molecule has 0 atom stereocenters. The van der Waals surface area contributed by atoms with Crippen LogP contribution in [0.15, 0.2) is 36.4 Å². The summed E-state index contributed by atoms with van der Waals surface area (Å²) in [6, 6.07) is 6.87. The fraction of sp³-hybridized carbons (Fsp3) is 0. The summed E-state index contributed by atoms with van der Waals surface area (Å²) in [6.07, 6.45) is 0. The summed E-state index contributed by atoms with van der Waals surface area (Å²) in [5, 5.41) is 21.5. The number of hydrogen-bond donors (Lipinski definition) is 0. The molecule has 0 aliphatic carbocycles.